The van der Waals surface area contributed by atoms with Crippen LogP contribution in [0.4, 0.5) is 0 Å². The predicted octanol–water partition coefficient (Wildman–Crippen LogP) is 1.38. The highest BCUT2D eigenvalue weighted by atomic mass is 15.1. The lowest BCUT2D eigenvalue weighted by molar-refractivity contribution is 0.267. The molecule has 0 aromatic rings. The molecule has 0 saturated heterocycles. The highest BCUT2D eigenvalue weighted by molar-refractivity contribution is 4.92. The summed E-state index contributed by atoms with van der Waals surface area (Å²) in [6.07, 6.45) is 6.91. The largest absolute Gasteiger partial charge is 0.324 e. The van der Waals surface area contributed by atoms with E-state index >= 15 is 0 Å². The van der Waals surface area contributed by atoms with Crippen LogP contribution in [0.1, 0.15) is 25.7 Å². The Morgan fingerprint density at radius 1 is 1.50 bits per heavy atom. The molecule has 1 aliphatic rings. The van der Waals surface area contributed by atoms with Crippen molar-refractivity contribution < 1.29 is 0 Å². The molecule has 2 nitrogen and oxygen atoms in total. The zero-order chi connectivity index (χ0) is 9.03. The van der Waals surface area contributed by atoms with E-state index in [4.69, 9.17) is 5.73 Å². The van der Waals surface area contributed by atoms with Gasteiger partial charge >= 0.3 is 0 Å². The molecule has 0 aromatic carbocycles. The SMILES string of the molecule is C=CCN(C)CC1(N)CCCC1. The lowest BCUT2D eigenvalue weighted by Crippen LogP contribution is -2.46. The summed E-state index contributed by atoms with van der Waals surface area (Å²) in [5.74, 6) is 0. The molecule has 0 aliphatic heterocycles. The molecule has 1 fully saturated rings. The van der Waals surface area contributed by atoms with Gasteiger partial charge in [-0.2, -0.15) is 0 Å². The van der Waals surface area contributed by atoms with E-state index in [-0.39, 0.29) is 5.54 Å². The van der Waals surface area contributed by atoms with Crippen LogP contribution in [0.2, 0.25) is 0 Å². The molecule has 1 rings (SSSR count). The highest BCUT2D eigenvalue weighted by Crippen LogP contribution is 2.27. The summed E-state index contributed by atoms with van der Waals surface area (Å²) in [5.41, 5.74) is 6.31. The van der Waals surface area contributed by atoms with Gasteiger partial charge in [-0.1, -0.05) is 18.9 Å². The van der Waals surface area contributed by atoms with Crippen molar-refractivity contribution in [2.75, 3.05) is 20.1 Å². The summed E-state index contributed by atoms with van der Waals surface area (Å²) in [7, 11) is 2.11. The second kappa shape index (κ2) is 4.06. The van der Waals surface area contributed by atoms with E-state index in [0.717, 1.165) is 13.1 Å². The number of nitrogens with zero attached hydrogens (tertiary/aromatic N) is 1. The van der Waals surface area contributed by atoms with Crippen LogP contribution in [0, 0.1) is 0 Å². The third kappa shape index (κ3) is 2.61. The smallest absolute Gasteiger partial charge is 0.0283 e. The first-order valence-corrected chi connectivity index (χ1v) is 4.75. The maximum atomic E-state index is 6.21. The van der Waals surface area contributed by atoms with Crippen molar-refractivity contribution in [1.82, 2.24) is 4.90 Å². The van der Waals surface area contributed by atoms with E-state index < -0.39 is 0 Å². The van der Waals surface area contributed by atoms with Gasteiger partial charge in [0.05, 0.1) is 0 Å². The Kier molecular flexibility index (Phi) is 3.29. The van der Waals surface area contributed by atoms with E-state index in [1.807, 2.05) is 6.08 Å². The Labute approximate surface area is 75.4 Å². The van der Waals surface area contributed by atoms with Crippen molar-refractivity contribution in [3.05, 3.63) is 12.7 Å². The molecular formula is C10H20N2. The molecule has 0 radical (unpaired) electrons. The van der Waals surface area contributed by atoms with E-state index in [1.165, 1.54) is 25.7 Å². The molecule has 70 valence electrons. The highest BCUT2D eigenvalue weighted by Gasteiger charge is 2.29. The number of hydrogen-bond acceptors (Lipinski definition) is 2. The molecule has 0 aromatic heterocycles. The molecule has 0 heterocycles. The fourth-order valence-corrected chi connectivity index (χ4v) is 2.06. The first kappa shape index (κ1) is 9.75. The van der Waals surface area contributed by atoms with Crippen LogP contribution in [0.5, 0.6) is 0 Å². The van der Waals surface area contributed by atoms with Crippen molar-refractivity contribution in [3.8, 4) is 0 Å². The van der Waals surface area contributed by atoms with Gasteiger partial charge in [-0.15, -0.1) is 6.58 Å². The van der Waals surface area contributed by atoms with Gasteiger partial charge in [0.2, 0.25) is 0 Å². The van der Waals surface area contributed by atoms with Crippen LogP contribution in [0.25, 0.3) is 0 Å². The monoisotopic (exact) mass is 168 g/mol. The normalized spacial score (nSPS) is 21.6. The van der Waals surface area contributed by atoms with Gasteiger partial charge in [0, 0.05) is 18.6 Å². The van der Waals surface area contributed by atoms with Crippen LogP contribution in [0.3, 0.4) is 0 Å². The van der Waals surface area contributed by atoms with Crippen LogP contribution < -0.4 is 5.73 Å². The second-order valence-electron chi connectivity index (χ2n) is 4.05. The lowest BCUT2D eigenvalue weighted by Gasteiger charge is -2.28. The average molecular weight is 168 g/mol. The standard InChI is InChI=1S/C10H20N2/c1-3-8-12(2)9-10(11)6-4-5-7-10/h3H,1,4-9,11H2,2H3. The number of hydrogen-bond donors (Lipinski definition) is 1. The Hall–Kier alpha value is -0.340. The second-order valence-corrected chi connectivity index (χ2v) is 4.05. The Morgan fingerprint density at radius 3 is 2.58 bits per heavy atom. The van der Waals surface area contributed by atoms with Gasteiger partial charge in [-0.05, 0) is 19.9 Å². The number of nitrogens with two attached hydrogens (primary N) is 1. The maximum Gasteiger partial charge on any atom is 0.0283 e. The first-order valence-electron chi connectivity index (χ1n) is 4.75. The quantitative estimate of drug-likeness (QED) is 0.642. The van der Waals surface area contributed by atoms with Gasteiger partial charge in [0.1, 0.15) is 0 Å². The molecule has 1 aliphatic carbocycles. The summed E-state index contributed by atoms with van der Waals surface area (Å²) < 4.78 is 0. The zero-order valence-corrected chi connectivity index (χ0v) is 8.05. The summed E-state index contributed by atoms with van der Waals surface area (Å²) in [5, 5.41) is 0. The van der Waals surface area contributed by atoms with Crippen LogP contribution in [0.15, 0.2) is 12.7 Å². The Morgan fingerprint density at radius 2 is 2.08 bits per heavy atom. The third-order valence-electron chi connectivity index (χ3n) is 2.62. The summed E-state index contributed by atoms with van der Waals surface area (Å²) >= 11 is 0. The van der Waals surface area contributed by atoms with Gasteiger partial charge in [-0.3, -0.25) is 0 Å². The first-order chi connectivity index (χ1) is 5.66. The van der Waals surface area contributed by atoms with E-state index in [0.29, 0.717) is 0 Å². The molecule has 0 unspecified atom stereocenters. The predicted molar refractivity (Wildman–Crippen MR) is 53.1 cm³/mol. The van der Waals surface area contributed by atoms with Gasteiger partial charge in [-0.25, -0.2) is 0 Å². The van der Waals surface area contributed by atoms with Crippen molar-refractivity contribution in [2.24, 2.45) is 5.73 Å². The molecule has 12 heavy (non-hydrogen) atoms. The van der Waals surface area contributed by atoms with E-state index in [2.05, 4.69) is 18.5 Å². The third-order valence-corrected chi connectivity index (χ3v) is 2.62. The molecule has 0 amide bonds. The Bertz CT molecular complexity index is 148. The summed E-state index contributed by atoms with van der Waals surface area (Å²) in [6.45, 7) is 5.67. The summed E-state index contributed by atoms with van der Waals surface area (Å²) in [4.78, 5) is 2.25. The van der Waals surface area contributed by atoms with Crippen molar-refractivity contribution in [1.29, 1.82) is 0 Å². The maximum absolute atomic E-state index is 6.21. The Balaban J connectivity index is 2.32. The van der Waals surface area contributed by atoms with Gasteiger partial charge in [0.25, 0.3) is 0 Å². The molecule has 2 heteroatoms. The van der Waals surface area contributed by atoms with Crippen molar-refractivity contribution in [3.63, 3.8) is 0 Å². The molecule has 2 N–H and O–H groups in total. The van der Waals surface area contributed by atoms with Crippen molar-refractivity contribution >= 4 is 0 Å². The van der Waals surface area contributed by atoms with Crippen molar-refractivity contribution in [2.45, 2.75) is 31.2 Å². The fraction of sp³-hybridized carbons (Fsp3) is 0.800. The summed E-state index contributed by atoms with van der Waals surface area (Å²) in [6, 6.07) is 0. The molecule has 0 atom stereocenters. The minimum Gasteiger partial charge on any atom is -0.324 e. The van der Waals surface area contributed by atoms with Crippen LogP contribution >= 0.6 is 0 Å². The van der Waals surface area contributed by atoms with Gasteiger partial charge < -0.3 is 10.6 Å². The lowest BCUT2D eigenvalue weighted by atomic mass is 9.99. The molecular weight excluding hydrogens is 148 g/mol. The molecule has 0 spiro atoms. The number of likely N-dealkylation sites (N-methyl/N-ethyl adjacent to an activating group) is 1. The zero-order valence-electron chi connectivity index (χ0n) is 8.05. The minimum absolute atomic E-state index is 0.0950. The average Bonchev–Trinajstić information content (AvgIpc) is 2.36. The fourth-order valence-electron chi connectivity index (χ4n) is 2.06. The minimum atomic E-state index is 0.0950. The van der Waals surface area contributed by atoms with E-state index in [9.17, 15) is 0 Å². The number of rotatable bonds is 4. The molecule has 0 bridgehead atoms. The topological polar surface area (TPSA) is 29.3 Å². The molecule has 1 saturated carbocycles. The van der Waals surface area contributed by atoms with E-state index in [1.54, 1.807) is 0 Å². The van der Waals surface area contributed by atoms with Crippen LogP contribution in [-0.4, -0.2) is 30.6 Å². The van der Waals surface area contributed by atoms with Gasteiger partial charge in [0.15, 0.2) is 0 Å². The van der Waals surface area contributed by atoms with Crippen LogP contribution in [-0.2, 0) is 0 Å².